The molecule has 2 heterocycles. The number of aryl methyl sites for hydroxylation is 1. The summed E-state index contributed by atoms with van der Waals surface area (Å²) in [4.78, 5) is 4.40. The molecular weight excluding hydrogens is 226 g/mol. The van der Waals surface area contributed by atoms with Gasteiger partial charge in [0.15, 0.2) is 0 Å². The lowest BCUT2D eigenvalue weighted by molar-refractivity contribution is 0.397. The number of rotatable bonds is 2. The van der Waals surface area contributed by atoms with Crippen LogP contribution in [-0.2, 0) is 0 Å². The van der Waals surface area contributed by atoms with Crippen LogP contribution >= 0.6 is 0 Å². The van der Waals surface area contributed by atoms with Gasteiger partial charge in [0.1, 0.15) is 0 Å². The topological polar surface area (TPSA) is 50.8 Å². The van der Waals surface area contributed by atoms with Crippen LogP contribution < -0.4 is 4.74 Å². The first-order chi connectivity index (χ1) is 8.79. The third-order valence-electron chi connectivity index (χ3n) is 3.02. The van der Waals surface area contributed by atoms with Gasteiger partial charge in [-0.15, -0.1) is 0 Å². The lowest BCUT2D eigenvalue weighted by atomic mass is 10.0. The zero-order valence-corrected chi connectivity index (χ0v) is 10.3. The smallest absolute Gasteiger partial charge is 0.213 e. The predicted octanol–water partition coefficient (Wildman–Crippen LogP) is 2.94. The van der Waals surface area contributed by atoms with E-state index in [-0.39, 0.29) is 0 Å². The maximum absolute atomic E-state index is 5.13. The predicted molar refractivity (Wildman–Crippen MR) is 70.6 cm³/mol. The van der Waals surface area contributed by atoms with Crippen LogP contribution in [0.1, 0.15) is 5.69 Å². The van der Waals surface area contributed by atoms with E-state index in [2.05, 4.69) is 21.2 Å². The zero-order valence-electron chi connectivity index (χ0n) is 10.3. The number of hydrogen-bond acceptors (Lipinski definition) is 3. The SMILES string of the molecule is COc1ccc(-c2cccc3c[nH]nc23)c(C)n1. The van der Waals surface area contributed by atoms with Crippen molar-refractivity contribution in [2.24, 2.45) is 0 Å². The maximum Gasteiger partial charge on any atom is 0.213 e. The quantitative estimate of drug-likeness (QED) is 0.748. The molecule has 3 aromatic rings. The van der Waals surface area contributed by atoms with Gasteiger partial charge in [0.2, 0.25) is 5.88 Å². The Morgan fingerprint density at radius 3 is 2.78 bits per heavy atom. The van der Waals surface area contributed by atoms with E-state index in [0.29, 0.717) is 5.88 Å². The Kier molecular flexibility index (Phi) is 2.48. The fraction of sp³-hybridized carbons (Fsp3) is 0.143. The molecule has 0 fully saturated rings. The number of nitrogens with one attached hydrogen (secondary N) is 1. The van der Waals surface area contributed by atoms with Crippen LogP contribution in [0.15, 0.2) is 36.5 Å². The van der Waals surface area contributed by atoms with Crippen molar-refractivity contribution in [3.8, 4) is 17.0 Å². The number of pyridine rings is 1. The number of aromatic nitrogens is 3. The number of aromatic amines is 1. The van der Waals surface area contributed by atoms with Crippen LogP contribution in [0.25, 0.3) is 22.0 Å². The Morgan fingerprint density at radius 2 is 2.00 bits per heavy atom. The van der Waals surface area contributed by atoms with Crippen molar-refractivity contribution in [1.82, 2.24) is 15.2 Å². The van der Waals surface area contributed by atoms with Gasteiger partial charge >= 0.3 is 0 Å². The molecule has 1 aromatic carbocycles. The summed E-state index contributed by atoms with van der Waals surface area (Å²) in [6.45, 7) is 1.98. The second-order valence-corrected chi connectivity index (χ2v) is 4.12. The first-order valence-corrected chi connectivity index (χ1v) is 5.74. The number of benzene rings is 1. The van der Waals surface area contributed by atoms with Gasteiger partial charge in [-0.3, -0.25) is 5.10 Å². The molecule has 4 heteroatoms. The van der Waals surface area contributed by atoms with Crippen molar-refractivity contribution < 1.29 is 4.74 Å². The molecule has 2 aromatic heterocycles. The zero-order chi connectivity index (χ0) is 12.5. The van der Waals surface area contributed by atoms with Crippen LogP contribution in [0.3, 0.4) is 0 Å². The summed E-state index contributed by atoms with van der Waals surface area (Å²) < 4.78 is 5.13. The van der Waals surface area contributed by atoms with E-state index in [0.717, 1.165) is 27.7 Å². The molecule has 3 rings (SSSR count). The minimum atomic E-state index is 0.630. The van der Waals surface area contributed by atoms with Crippen LogP contribution in [0, 0.1) is 6.92 Å². The molecule has 90 valence electrons. The van der Waals surface area contributed by atoms with Crippen LogP contribution in [-0.4, -0.2) is 22.3 Å². The molecule has 18 heavy (non-hydrogen) atoms. The van der Waals surface area contributed by atoms with Gasteiger partial charge in [0.25, 0.3) is 0 Å². The summed E-state index contributed by atoms with van der Waals surface area (Å²) >= 11 is 0. The molecule has 0 saturated carbocycles. The van der Waals surface area contributed by atoms with E-state index in [9.17, 15) is 0 Å². The normalized spacial score (nSPS) is 10.8. The Hall–Kier alpha value is -2.36. The highest BCUT2D eigenvalue weighted by Gasteiger charge is 2.09. The van der Waals surface area contributed by atoms with Crippen LogP contribution in [0.4, 0.5) is 0 Å². The molecule has 0 amide bonds. The van der Waals surface area contributed by atoms with Gasteiger partial charge in [0.05, 0.1) is 12.6 Å². The molecule has 0 radical (unpaired) electrons. The third kappa shape index (κ3) is 1.62. The number of methoxy groups -OCH3 is 1. The van der Waals surface area contributed by atoms with Crippen molar-refractivity contribution in [2.45, 2.75) is 6.92 Å². The Morgan fingerprint density at radius 1 is 1.11 bits per heavy atom. The molecule has 1 N–H and O–H groups in total. The monoisotopic (exact) mass is 239 g/mol. The summed E-state index contributed by atoms with van der Waals surface area (Å²) in [7, 11) is 1.62. The molecule has 0 bridgehead atoms. The molecule has 4 nitrogen and oxygen atoms in total. The van der Waals surface area contributed by atoms with Crippen molar-refractivity contribution in [3.05, 3.63) is 42.2 Å². The summed E-state index contributed by atoms with van der Waals surface area (Å²) in [6.07, 6.45) is 1.89. The van der Waals surface area contributed by atoms with Gasteiger partial charge < -0.3 is 4.74 Å². The highest BCUT2D eigenvalue weighted by Crippen LogP contribution is 2.29. The first-order valence-electron chi connectivity index (χ1n) is 5.74. The summed E-state index contributed by atoms with van der Waals surface area (Å²) in [5, 5.41) is 8.29. The molecular formula is C14H13N3O. The average molecular weight is 239 g/mol. The van der Waals surface area contributed by atoms with E-state index in [1.807, 2.05) is 37.4 Å². The maximum atomic E-state index is 5.13. The van der Waals surface area contributed by atoms with Gasteiger partial charge in [-0.1, -0.05) is 18.2 Å². The van der Waals surface area contributed by atoms with E-state index in [1.165, 1.54) is 0 Å². The Balaban J connectivity index is 2.23. The van der Waals surface area contributed by atoms with Crippen molar-refractivity contribution >= 4 is 10.9 Å². The van der Waals surface area contributed by atoms with Gasteiger partial charge in [-0.25, -0.2) is 4.98 Å². The number of H-pyrrole nitrogens is 1. The van der Waals surface area contributed by atoms with Crippen molar-refractivity contribution in [1.29, 1.82) is 0 Å². The van der Waals surface area contributed by atoms with Crippen LogP contribution in [0.5, 0.6) is 5.88 Å². The van der Waals surface area contributed by atoms with Gasteiger partial charge in [-0.05, 0) is 13.0 Å². The molecule has 0 aliphatic carbocycles. The van der Waals surface area contributed by atoms with Crippen molar-refractivity contribution in [2.75, 3.05) is 7.11 Å². The second kappa shape index (κ2) is 4.14. The molecule has 0 saturated heterocycles. The number of para-hydroxylation sites is 1. The summed E-state index contributed by atoms with van der Waals surface area (Å²) in [5.41, 5.74) is 4.06. The van der Waals surface area contributed by atoms with E-state index < -0.39 is 0 Å². The van der Waals surface area contributed by atoms with Gasteiger partial charge in [-0.2, -0.15) is 5.10 Å². The first kappa shape index (κ1) is 10.8. The number of nitrogens with zero attached hydrogens (tertiary/aromatic N) is 2. The average Bonchev–Trinajstić information content (AvgIpc) is 2.87. The van der Waals surface area contributed by atoms with Crippen molar-refractivity contribution in [3.63, 3.8) is 0 Å². The molecule has 0 aliphatic rings. The summed E-state index contributed by atoms with van der Waals surface area (Å²) in [5.74, 6) is 0.630. The number of hydrogen-bond donors (Lipinski definition) is 1. The molecule has 0 unspecified atom stereocenters. The lowest BCUT2D eigenvalue weighted by Gasteiger charge is -2.07. The third-order valence-corrected chi connectivity index (χ3v) is 3.02. The highest BCUT2D eigenvalue weighted by molar-refractivity contribution is 5.93. The molecule has 0 spiro atoms. The minimum absolute atomic E-state index is 0.630. The van der Waals surface area contributed by atoms with E-state index >= 15 is 0 Å². The van der Waals surface area contributed by atoms with Gasteiger partial charge in [0, 0.05) is 34.5 Å². The fourth-order valence-corrected chi connectivity index (χ4v) is 2.12. The molecule has 0 atom stereocenters. The van der Waals surface area contributed by atoms with E-state index in [1.54, 1.807) is 7.11 Å². The van der Waals surface area contributed by atoms with E-state index in [4.69, 9.17) is 4.74 Å². The number of fused-ring (bicyclic) bond motifs is 1. The Labute approximate surface area is 105 Å². The Bertz CT molecular complexity index is 703. The number of ether oxygens (including phenoxy) is 1. The standard InChI is InChI=1S/C14H13N3O/c1-9-11(6-7-13(16-9)18-2)12-5-3-4-10-8-15-17-14(10)12/h3-8H,1-2H3,(H,15,17). The minimum Gasteiger partial charge on any atom is -0.481 e. The fourth-order valence-electron chi connectivity index (χ4n) is 2.12. The largest absolute Gasteiger partial charge is 0.481 e. The highest BCUT2D eigenvalue weighted by atomic mass is 16.5. The molecule has 0 aliphatic heterocycles. The second-order valence-electron chi connectivity index (χ2n) is 4.12. The lowest BCUT2D eigenvalue weighted by Crippen LogP contribution is -1.93. The summed E-state index contributed by atoms with van der Waals surface area (Å²) in [6, 6.07) is 10.0. The van der Waals surface area contributed by atoms with Crippen LogP contribution in [0.2, 0.25) is 0 Å².